The van der Waals surface area contributed by atoms with Crippen LogP contribution in [-0.2, 0) is 45.5 Å². The Morgan fingerprint density at radius 3 is 2.48 bits per heavy atom. The first-order chi connectivity index (χ1) is 33.6. The van der Waals surface area contributed by atoms with Crippen molar-refractivity contribution < 1.29 is 61.4 Å². The lowest BCUT2D eigenvalue weighted by Gasteiger charge is -2.38. The molecule has 2 unspecified atom stereocenters. The summed E-state index contributed by atoms with van der Waals surface area (Å²) in [6.45, 7) is 6.11. The molecule has 3 saturated heterocycles. The molecule has 3 aromatic carbocycles. The third-order valence-electron chi connectivity index (χ3n) is 13.1. The summed E-state index contributed by atoms with van der Waals surface area (Å²) in [7, 11) is -5.85. The number of carbonyl (C=O) groups excluding carboxylic acids is 7. The van der Waals surface area contributed by atoms with Gasteiger partial charge >= 0.3 is 13.3 Å². The molecule has 4 aliphatic heterocycles. The number of nitrogens with zero attached hydrogens (tertiary/aromatic N) is 3. The summed E-state index contributed by atoms with van der Waals surface area (Å²) < 4.78 is 47.1. The van der Waals surface area contributed by atoms with E-state index in [1.165, 1.54) is 21.9 Å². The summed E-state index contributed by atoms with van der Waals surface area (Å²) in [4.78, 5) is 117. The van der Waals surface area contributed by atoms with Gasteiger partial charge in [0.15, 0.2) is 0 Å². The number of likely N-dealkylation sites (tertiary alicyclic amines) is 1. The van der Waals surface area contributed by atoms with Gasteiger partial charge in [-0.15, -0.1) is 11.3 Å². The van der Waals surface area contributed by atoms with Gasteiger partial charge in [0.25, 0.3) is 11.8 Å². The van der Waals surface area contributed by atoms with Crippen molar-refractivity contribution in [2.75, 3.05) is 26.2 Å². The first kappa shape index (κ1) is 51.0. The summed E-state index contributed by atoms with van der Waals surface area (Å²) in [5, 5.41) is 8.24. The minimum absolute atomic E-state index is 0.0447. The van der Waals surface area contributed by atoms with Gasteiger partial charge in [-0.3, -0.25) is 43.4 Å². The second kappa shape index (κ2) is 20.4. The van der Waals surface area contributed by atoms with Crippen LogP contribution in [0.1, 0.15) is 108 Å². The highest BCUT2D eigenvalue weighted by molar-refractivity contribution is 7.52. The van der Waals surface area contributed by atoms with Crippen molar-refractivity contribution in [2.24, 2.45) is 5.41 Å². The van der Waals surface area contributed by atoms with Crippen molar-refractivity contribution >= 4 is 70.4 Å². The van der Waals surface area contributed by atoms with Crippen LogP contribution in [0, 0.1) is 17.3 Å². The molecule has 7 amide bonds. The number of amides is 7. The molecule has 374 valence electrons. The van der Waals surface area contributed by atoms with E-state index >= 15 is 0 Å². The monoisotopic (exact) mass is 1010 g/mol. The van der Waals surface area contributed by atoms with Crippen LogP contribution in [0.2, 0.25) is 0 Å². The average molecular weight is 1020 g/mol. The summed E-state index contributed by atoms with van der Waals surface area (Å²) in [5.41, 5.74) is -3.58. The van der Waals surface area contributed by atoms with Gasteiger partial charge in [-0.2, -0.15) is 8.78 Å². The Bertz CT molecular complexity index is 2910. The summed E-state index contributed by atoms with van der Waals surface area (Å²) >= 11 is 0.939. The lowest BCUT2D eigenvalue weighted by atomic mass is 9.85. The Labute approximate surface area is 411 Å². The van der Waals surface area contributed by atoms with Gasteiger partial charge in [0, 0.05) is 66.3 Å². The fraction of sp³-hybridized carbons (Fsp3) is 0.420. The molecule has 17 nitrogen and oxygen atoms in total. The summed E-state index contributed by atoms with van der Waals surface area (Å²) in [5.74, 6) is 3.07. The maximum absolute atomic E-state index is 14.8. The Morgan fingerprint density at radius 2 is 1.76 bits per heavy atom. The molecule has 0 aliphatic carbocycles. The quantitative estimate of drug-likeness (QED) is 0.0552. The number of rotatable bonds is 12. The molecule has 1 aromatic heterocycles. The maximum Gasteiger partial charge on any atom is 0.399 e. The number of hydrogen-bond donors (Lipinski definition) is 5. The number of halogens is 2. The van der Waals surface area contributed by atoms with Gasteiger partial charge < -0.3 is 39.9 Å². The van der Waals surface area contributed by atoms with Crippen LogP contribution in [0.3, 0.4) is 0 Å². The molecule has 4 aliphatic rings. The van der Waals surface area contributed by atoms with E-state index in [9.17, 15) is 56.7 Å². The molecule has 0 saturated carbocycles. The number of alkyl halides is 2. The Kier molecular flexibility index (Phi) is 14.7. The van der Waals surface area contributed by atoms with E-state index < -0.39 is 72.2 Å². The SMILES string of the molecule is CC(C)(C)[C@H](NC(=O)c1cc2cc(C(F)(F)P(=O)(O)O)ccc2s1)C(=O)N1C[C@@H](NC(=O)CCCC#Cc2ccc3c(c2)CN(C2CCC(=O)NC2=O)C3=O)C[C@H]1C(=O)N1CCOC(c2ccccc2)C1. The molecule has 0 bridgehead atoms. The second-order valence-electron chi connectivity index (χ2n) is 19.2. The Hall–Kier alpha value is -6.36. The van der Waals surface area contributed by atoms with E-state index in [-0.39, 0.29) is 92.4 Å². The van der Waals surface area contributed by atoms with Gasteiger partial charge in [0.05, 0.1) is 18.0 Å². The number of nitrogens with one attached hydrogen (secondary N) is 3. The van der Waals surface area contributed by atoms with Crippen LogP contribution in [0.25, 0.3) is 10.1 Å². The smallest absolute Gasteiger partial charge is 0.370 e. The highest BCUT2D eigenvalue weighted by Crippen LogP contribution is 2.59. The standard InChI is InChI=1S/C50H53F2N6O11PS/c1-49(2,3)43(55-45(62)40-24-31-23-33(15-18-39(31)71-40)50(51,52)70(66,67)68)48(65)58-27-34(25-37(58)47(64)56-20-21-69-38(28-56)30-11-7-5-8-12-30)53-41(59)13-9-4-6-10-29-14-16-35-32(22-29)26-57(46(35)63)36-17-19-42(60)54-44(36)61/h5,7-8,11-12,14-16,18,22-24,34,36-38,43H,4,9,13,17,19-21,25-28H2,1-3H3,(H,53,59)(H,55,62)(H,54,60,61)(H2,66,67,68)/t34-,36?,37-,38?,43+/m0/s1. The minimum atomic E-state index is -5.85. The molecule has 3 fully saturated rings. The first-order valence-corrected chi connectivity index (χ1v) is 25.6. The first-order valence-electron chi connectivity index (χ1n) is 23.2. The average Bonchev–Trinajstić information content (AvgIpc) is 4.04. The van der Waals surface area contributed by atoms with E-state index in [0.29, 0.717) is 28.7 Å². The van der Waals surface area contributed by atoms with Crippen molar-refractivity contribution in [3.8, 4) is 11.8 Å². The predicted molar refractivity (Wildman–Crippen MR) is 255 cm³/mol. The Morgan fingerprint density at radius 1 is 1.00 bits per heavy atom. The lowest BCUT2D eigenvalue weighted by molar-refractivity contribution is -0.150. The maximum atomic E-state index is 14.8. The van der Waals surface area contributed by atoms with Crippen LogP contribution in [0.4, 0.5) is 8.78 Å². The number of hydrogen-bond acceptors (Lipinski definition) is 10. The highest BCUT2D eigenvalue weighted by Gasteiger charge is 2.51. The molecular weight excluding hydrogens is 962 g/mol. The lowest BCUT2D eigenvalue weighted by Crippen LogP contribution is -2.58. The fourth-order valence-electron chi connectivity index (χ4n) is 9.33. The number of imide groups is 1. The van der Waals surface area contributed by atoms with E-state index in [1.54, 1.807) is 43.9 Å². The van der Waals surface area contributed by atoms with Crippen LogP contribution in [0.15, 0.2) is 72.8 Å². The zero-order valence-electron chi connectivity index (χ0n) is 39.1. The van der Waals surface area contributed by atoms with Crippen molar-refractivity contribution in [2.45, 2.75) is 102 Å². The van der Waals surface area contributed by atoms with Crippen LogP contribution >= 0.6 is 18.9 Å². The van der Waals surface area contributed by atoms with Crippen molar-refractivity contribution in [1.29, 1.82) is 0 Å². The fourth-order valence-corrected chi connectivity index (χ4v) is 10.8. The normalized spacial score (nSPS) is 21.1. The highest BCUT2D eigenvalue weighted by atomic mass is 32.1. The van der Waals surface area contributed by atoms with Crippen molar-refractivity contribution in [1.82, 2.24) is 30.7 Å². The number of unbranched alkanes of at least 4 members (excludes halogenated alkanes) is 1. The molecule has 21 heteroatoms. The number of piperidine rings is 1. The molecular formula is C50H53F2N6O11PS. The Balaban J connectivity index is 0.937. The zero-order valence-corrected chi connectivity index (χ0v) is 40.8. The van der Waals surface area contributed by atoms with Crippen LogP contribution in [0.5, 0.6) is 0 Å². The molecule has 5 atom stereocenters. The number of ether oxygens (including phenoxy) is 1. The number of carbonyl (C=O) groups is 7. The number of fused-ring (bicyclic) bond motifs is 2. The van der Waals surface area contributed by atoms with Gasteiger partial charge in [-0.1, -0.05) is 69.0 Å². The van der Waals surface area contributed by atoms with Gasteiger partial charge in [0.2, 0.25) is 29.5 Å². The summed E-state index contributed by atoms with van der Waals surface area (Å²) in [6, 6.07) is 15.3. The molecule has 5 N–H and O–H groups in total. The van der Waals surface area contributed by atoms with E-state index in [0.717, 1.165) is 34.6 Å². The predicted octanol–water partition coefficient (Wildman–Crippen LogP) is 4.94. The molecule has 0 radical (unpaired) electrons. The van der Waals surface area contributed by atoms with E-state index in [1.807, 2.05) is 30.3 Å². The van der Waals surface area contributed by atoms with Gasteiger partial charge in [-0.25, -0.2) is 0 Å². The van der Waals surface area contributed by atoms with E-state index in [2.05, 4.69) is 27.8 Å². The third-order valence-corrected chi connectivity index (χ3v) is 15.2. The second-order valence-corrected chi connectivity index (χ2v) is 21.9. The number of morpholine rings is 1. The van der Waals surface area contributed by atoms with Gasteiger partial charge in [0.1, 0.15) is 24.2 Å². The molecule has 8 rings (SSSR count). The topological polar surface area (TPSA) is 232 Å². The zero-order chi connectivity index (χ0) is 51.0. The largest absolute Gasteiger partial charge is 0.399 e. The molecule has 71 heavy (non-hydrogen) atoms. The van der Waals surface area contributed by atoms with Crippen LogP contribution in [-0.4, -0.2) is 116 Å². The van der Waals surface area contributed by atoms with Crippen molar-refractivity contribution in [3.05, 3.63) is 105 Å². The molecule has 5 heterocycles. The van der Waals surface area contributed by atoms with Crippen molar-refractivity contribution in [3.63, 3.8) is 0 Å². The summed E-state index contributed by atoms with van der Waals surface area (Å²) in [6.07, 6.45) is 0.924. The number of thiophene rings is 1. The molecule has 4 aromatic rings. The minimum Gasteiger partial charge on any atom is -0.370 e. The molecule has 0 spiro atoms. The number of benzene rings is 3. The van der Waals surface area contributed by atoms with Crippen LogP contribution < -0.4 is 16.0 Å². The van der Waals surface area contributed by atoms with E-state index in [4.69, 9.17) is 4.74 Å². The third kappa shape index (κ3) is 11.1. The van der Waals surface area contributed by atoms with Gasteiger partial charge in [-0.05, 0) is 77.6 Å².